The van der Waals surface area contributed by atoms with Crippen LogP contribution in [0.4, 0.5) is 0 Å². The predicted molar refractivity (Wildman–Crippen MR) is 175 cm³/mol. The van der Waals surface area contributed by atoms with Gasteiger partial charge in [-0.2, -0.15) is 0 Å². The molecule has 0 saturated heterocycles. The summed E-state index contributed by atoms with van der Waals surface area (Å²) in [5.74, 6) is 2.23. The number of methoxy groups -OCH3 is 1. The average molecular weight is 599 g/mol. The number of esters is 1. The average Bonchev–Trinajstić information content (AvgIpc) is 2.99. The molecule has 0 aliphatic carbocycles. The van der Waals surface area contributed by atoms with E-state index in [0.29, 0.717) is 12.1 Å². The van der Waals surface area contributed by atoms with Gasteiger partial charge in [0, 0.05) is 38.9 Å². The van der Waals surface area contributed by atoms with E-state index in [4.69, 9.17) is 4.74 Å². The van der Waals surface area contributed by atoms with Gasteiger partial charge < -0.3 is 4.74 Å². The minimum atomic E-state index is -0.217. The molecule has 41 heavy (non-hydrogen) atoms. The molecule has 0 amide bonds. The zero-order valence-corrected chi connectivity index (χ0v) is 27.7. The van der Waals surface area contributed by atoms with Crippen molar-refractivity contribution < 1.29 is 14.3 Å². The summed E-state index contributed by atoms with van der Waals surface area (Å²) in [6, 6.07) is 13.2. The molecule has 0 spiro atoms. The fourth-order valence-corrected chi connectivity index (χ4v) is 8.47. The molecule has 2 aliphatic rings. The topological polar surface area (TPSA) is 49.9 Å². The highest BCUT2D eigenvalue weighted by atomic mass is 32.2. The molecule has 5 nitrogen and oxygen atoms in total. The molecule has 0 aromatic heterocycles. The fraction of sp³-hybridized carbons (Fsp3) is 0.588. The Morgan fingerprint density at radius 3 is 1.54 bits per heavy atom. The second-order valence-electron chi connectivity index (χ2n) is 11.0. The van der Waals surface area contributed by atoms with Gasteiger partial charge in [0.15, 0.2) is 5.78 Å². The number of carbonyl (C=O) groups excluding carboxylic acids is 2. The molecule has 2 heterocycles. The number of rotatable bonds is 12. The Bertz CT molecular complexity index is 1130. The molecule has 0 radical (unpaired) electrons. The van der Waals surface area contributed by atoms with Crippen LogP contribution < -0.4 is 0 Å². The van der Waals surface area contributed by atoms with Crippen LogP contribution in [0.5, 0.6) is 0 Å². The third-order valence-electron chi connectivity index (χ3n) is 7.87. The van der Waals surface area contributed by atoms with Crippen molar-refractivity contribution in [3.63, 3.8) is 0 Å². The number of hydrogen-bond acceptors (Lipinski definition) is 7. The molecule has 2 atom stereocenters. The predicted octanol–water partition coefficient (Wildman–Crippen LogP) is 7.64. The normalized spacial score (nSPS) is 17.9. The summed E-state index contributed by atoms with van der Waals surface area (Å²) in [5, 5.41) is 0. The van der Waals surface area contributed by atoms with E-state index in [9.17, 15) is 9.59 Å². The SMILES string of the molecule is CCCN(CCC)C1CSc2cccc(C(=O)OC)c2C1.CCCN(CCC)C1CSc2cccc(C(C)=O)c2C1. The van der Waals surface area contributed by atoms with Gasteiger partial charge in [0.1, 0.15) is 0 Å². The van der Waals surface area contributed by atoms with Crippen LogP contribution in [0.1, 0.15) is 92.1 Å². The van der Waals surface area contributed by atoms with Gasteiger partial charge >= 0.3 is 5.97 Å². The number of fused-ring (bicyclic) bond motifs is 2. The van der Waals surface area contributed by atoms with Crippen molar-refractivity contribution in [3.8, 4) is 0 Å². The second-order valence-corrected chi connectivity index (χ2v) is 13.1. The fourth-order valence-electron chi connectivity index (χ4n) is 5.99. The lowest BCUT2D eigenvalue weighted by atomic mass is 9.97. The Morgan fingerprint density at radius 1 is 0.732 bits per heavy atom. The van der Waals surface area contributed by atoms with Gasteiger partial charge in [-0.05, 0) is 101 Å². The Balaban J connectivity index is 0.000000226. The van der Waals surface area contributed by atoms with Gasteiger partial charge in [-0.15, -0.1) is 23.5 Å². The first-order chi connectivity index (χ1) is 19.9. The van der Waals surface area contributed by atoms with Crippen LogP contribution in [-0.4, -0.2) is 78.4 Å². The molecular formula is C34H50N2O3S2. The summed E-state index contributed by atoms with van der Waals surface area (Å²) in [6.07, 6.45) is 6.72. The van der Waals surface area contributed by atoms with E-state index < -0.39 is 0 Å². The number of thioether (sulfide) groups is 2. The van der Waals surface area contributed by atoms with E-state index in [0.717, 1.165) is 61.7 Å². The van der Waals surface area contributed by atoms with Crippen LogP contribution in [0.15, 0.2) is 46.2 Å². The number of hydrogen-bond donors (Lipinski definition) is 0. The van der Waals surface area contributed by atoms with Crippen molar-refractivity contribution in [1.29, 1.82) is 0 Å². The van der Waals surface area contributed by atoms with Crippen molar-refractivity contribution >= 4 is 35.3 Å². The number of nitrogens with zero attached hydrogens (tertiary/aromatic N) is 2. The van der Waals surface area contributed by atoms with Gasteiger partial charge in [0.05, 0.1) is 12.7 Å². The minimum absolute atomic E-state index is 0.195. The second kappa shape index (κ2) is 17.3. The Morgan fingerprint density at radius 2 is 1.15 bits per heavy atom. The Labute approximate surface area is 257 Å². The molecule has 226 valence electrons. The summed E-state index contributed by atoms with van der Waals surface area (Å²) in [7, 11) is 1.45. The maximum absolute atomic E-state index is 12.0. The highest BCUT2D eigenvalue weighted by Crippen LogP contribution is 2.35. The molecule has 0 bridgehead atoms. The third kappa shape index (κ3) is 9.09. The lowest BCUT2D eigenvalue weighted by Gasteiger charge is -2.35. The largest absolute Gasteiger partial charge is 0.465 e. The standard InChI is InChI=1S/C17H25NO2S.C17H25NOS/c1-4-9-18(10-5-2)13-11-15-14(17(19)20-3)7-6-8-16(15)21-12-13;1-4-9-18(10-5-2)14-11-16-15(13(3)19)7-6-8-17(16)20-12-14/h6-8,13H,4-5,9-12H2,1-3H3;6-8,14H,4-5,9-12H2,1-3H3. The summed E-state index contributed by atoms with van der Waals surface area (Å²) >= 11 is 3.78. The molecule has 2 unspecified atom stereocenters. The molecule has 0 N–H and O–H groups in total. The van der Waals surface area contributed by atoms with Crippen LogP contribution in [0, 0.1) is 0 Å². The smallest absolute Gasteiger partial charge is 0.338 e. The van der Waals surface area contributed by atoms with Crippen LogP contribution in [0.3, 0.4) is 0 Å². The van der Waals surface area contributed by atoms with Gasteiger partial charge in [-0.25, -0.2) is 4.79 Å². The molecular weight excluding hydrogens is 549 g/mol. The Hall–Kier alpha value is -1.80. The maximum Gasteiger partial charge on any atom is 0.338 e. The van der Waals surface area contributed by atoms with E-state index in [-0.39, 0.29) is 11.8 Å². The number of ketones is 1. The number of Topliss-reactive ketones (excluding diaryl/α,β-unsaturated/α-hetero) is 1. The van der Waals surface area contributed by atoms with Gasteiger partial charge in [-0.1, -0.05) is 45.9 Å². The molecule has 7 heteroatoms. The molecule has 2 aromatic rings. The quantitative estimate of drug-likeness (QED) is 0.184. The Kier molecular flexibility index (Phi) is 14.3. The van der Waals surface area contributed by atoms with Crippen molar-refractivity contribution in [1.82, 2.24) is 9.80 Å². The summed E-state index contributed by atoms with van der Waals surface area (Å²) in [4.78, 5) is 31.5. The van der Waals surface area contributed by atoms with E-state index >= 15 is 0 Å². The van der Waals surface area contributed by atoms with Gasteiger partial charge in [0.25, 0.3) is 0 Å². The first kappa shape index (κ1) is 33.7. The van der Waals surface area contributed by atoms with Crippen LogP contribution in [0.25, 0.3) is 0 Å². The van der Waals surface area contributed by atoms with E-state index in [1.165, 1.54) is 53.7 Å². The number of ether oxygens (including phenoxy) is 1. The van der Waals surface area contributed by atoms with E-state index in [1.54, 1.807) is 6.92 Å². The summed E-state index contributed by atoms with van der Waals surface area (Å²) in [5.41, 5.74) is 4.11. The molecule has 4 rings (SSSR count). The van der Waals surface area contributed by atoms with Crippen molar-refractivity contribution in [2.75, 3.05) is 44.8 Å². The number of carbonyl (C=O) groups is 2. The summed E-state index contributed by atoms with van der Waals surface area (Å²) in [6.45, 7) is 15.2. The van der Waals surface area contributed by atoms with E-state index in [2.05, 4.69) is 49.6 Å². The minimum Gasteiger partial charge on any atom is -0.465 e. The highest BCUT2D eigenvalue weighted by Gasteiger charge is 2.28. The van der Waals surface area contributed by atoms with Crippen LogP contribution in [-0.2, 0) is 17.6 Å². The van der Waals surface area contributed by atoms with Gasteiger partial charge in [-0.3, -0.25) is 14.6 Å². The van der Waals surface area contributed by atoms with E-state index in [1.807, 2.05) is 47.8 Å². The zero-order valence-electron chi connectivity index (χ0n) is 26.0. The molecule has 2 aliphatic heterocycles. The zero-order chi connectivity index (χ0) is 29.8. The highest BCUT2D eigenvalue weighted by molar-refractivity contribution is 7.99. The first-order valence-electron chi connectivity index (χ1n) is 15.4. The van der Waals surface area contributed by atoms with Crippen molar-refractivity contribution in [2.45, 2.75) is 95.0 Å². The third-order valence-corrected chi connectivity index (χ3v) is 10.4. The van der Waals surface area contributed by atoms with Gasteiger partial charge in [0.2, 0.25) is 0 Å². The van der Waals surface area contributed by atoms with Crippen molar-refractivity contribution in [3.05, 3.63) is 58.7 Å². The molecule has 2 aromatic carbocycles. The molecule has 0 saturated carbocycles. The summed E-state index contributed by atoms with van der Waals surface area (Å²) < 4.78 is 4.93. The van der Waals surface area contributed by atoms with Crippen LogP contribution in [0.2, 0.25) is 0 Å². The lowest BCUT2D eigenvalue weighted by molar-refractivity contribution is 0.0598. The lowest BCUT2D eigenvalue weighted by Crippen LogP contribution is -2.41. The maximum atomic E-state index is 12.0. The number of benzene rings is 2. The van der Waals surface area contributed by atoms with Crippen LogP contribution >= 0.6 is 23.5 Å². The molecule has 0 fully saturated rings. The first-order valence-corrected chi connectivity index (χ1v) is 17.4. The van der Waals surface area contributed by atoms with Crippen molar-refractivity contribution in [2.24, 2.45) is 0 Å². The monoisotopic (exact) mass is 598 g/mol.